The van der Waals surface area contributed by atoms with Gasteiger partial charge in [0.25, 0.3) is 0 Å². The third kappa shape index (κ3) is 25.7. The Morgan fingerprint density at radius 2 is 1.22 bits per heavy atom. The molecule has 3 nitrogen and oxygen atoms in total. The molecular formula is C18H35KO3P+. The topological polar surface area (TPSA) is 49.4 Å². The van der Waals surface area contributed by atoms with Crippen molar-refractivity contribution in [2.45, 2.75) is 96.8 Å². The monoisotopic (exact) mass is 369 g/mol. The molecular weight excluding hydrogens is 334 g/mol. The molecule has 1 unspecified atom stereocenters. The van der Waals surface area contributed by atoms with Gasteiger partial charge in [0.15, 0.2) is 0 Å². The van der Waals surface area contributed by atoms with Gasteiger partial charge < -0.3 is 4.89 Å². The summed E-state index contributed by atoms with van der Waals surface area (Å²) in [5.74, 6) is 0. The second kappa shape index (κ2) is 23.4. The van der Waals surface area contributed by atoms with Crippen molar-refractivity contribution in [2.75, 3.05) is 6.61 Å². The van der Waals surface area contributed by atoms with Crippen molar-refractivity contribution in [3.63, 3.8) is 0 Å². The van der Waals surface area contributed by atoms with Crippen LogP contribution in [0.25, 0.3) is 0 Å². The van der Waals surface area contributed by atoms with Crippen LogP contribution < -0.4 is 56.3 Å². The van der Waals surface area contributed by atoms with Crippen molar-refractivity contribution < 1.29 is 65.4 Å². The maximum atomic E-state index is 10.2. The van der Waals surface area contributed by atoms with Crippen LogP contribution in [0.4, 0.5) is 0 Å². The second-order valence-corrected chi connectivity index (χ2v) is 6.70. The third-order valence-corrected chi connectivity index (χ3v) is 4.25. The van der Waals surface area contributed by atoms with Crippen molar-refractivity contribution in [3.8, 4) is 0 Å². The summed E-state index contributed by atoms with van der Waals surface area (Å²) in [5, 5.41) is 0. The Morgan fingerprint density at radius 3 is 1.70 bits per heavy atom. The van der Waals surface area contributed by atoms with E-state index >= 15 is 0 Å². The van der Waals surface area contributed by atoms with E-state index in [2.05, 4.69) is 23.6 Å². The fraction of sp³-hybridized carbons (Fsp3) is 0.889. The maximum absolute atomic E-state index is 10.2. The molecule has 0 aromatic rings. The summed E-state index contributed by atoms with van der Waals surface area (Å²) >= 11 is 0. The van der Waals surface area contributed by atoms with Crippen LogP contribution in [-0.2, 0) is 9.09 Å². The minimum atomic E-state index is -2.65. The molecule has 0 spiro atoms. The van der Waals surface area contributed by atoms with Gasteiger partial charge >= 0.3 is 59.6 Å². The summed E-state index contributed by atoms with van der Waals surface area (Å²) in [7, 11) is -2.65. The fourth-order valence-corrected chi connectivity index (χ4v) is 2.77. The Kier molecular flexibility index (Phi) is 27.1. The SMILES string of the molecule is CCCCCCCC/C=C\CCCCCCCCO[P+](=O)[O-].[K+]. The predicted octanol–water partition coefficient (Wildman–Crippen LogP) is 3.06. The van der Waals surface area contributed by atoms with E-state index in [-0.39, 0.29) is 51.4 Å². The number of unbranched alkanes of at least 4 members (excludes halogenated alkanes) is 12. The van der Waals surface area contributed by atoms with Gasteiger partial charge in [-0.25, -0.2) is 0 Å². The molecule has 0 saturated carbocycles. The van der Waals surface area contributed by atoms with Crippen molar-refractivity contribution in [1.29, 1.82) is 0 Å². The maximum Gasteiger partial charge on any atom is 1.00 e. The molecule has 0 aromatic heterocycles. The molecule has 0 radical (unpaired) electrons. The van der Waals surface area contributed by atoms with Crippen molar-refractivity contribution in [1.82, 2.24) is 0 Å². The van der Waals surface area contributed by atoms with Crippen LogP contribution in [0.15, 0.2) is 12.2 Å². The average Bonchev–Trinajstić information content (AvgIpc) is 2.50. The average molecular weight is 370 g/mol. The number of allylic oxidation sites excluding steroid dienone is 2. The zero-order valence-corrected chi connectivity index (χ0v) is 19.5. The van der Waals surface area contributed by atoms with Gasteiger partial charge in [-0.3, -0.25) is 0 Å². The molecule has 0 N–H and O–H groups in total. The predicted molar refractivity (Wildman–Crippen MR) is 93.0 cm³/mol. The first-order valence-corrected chi connectivity index (χ1v) is 10.3. The molecule has 0 aromatic carbocycles. The standard InChI is InChI=1S/C18H35O3P.K/c1-2-3-4-5-6-7-8-9-10-11-12-13-14-15-16-17-18-21-22(19)20;/h9-10H,2-8,11-18H2,1H3;/q;+1/b10-9-;. The molecule has 0 saturated heterocycles. The molecule has 0 heterocycles. The molecule has 5 heteroatoms. The molecule has 0 aliphatic heterocycles. The van der Waals surface area contributed by atoms with Crippen LogP contribution in [0.2, 0.25) is 0 Å². The first kappa shape index (κ1) is 26.6. The Labute approximate surface area is 187 Å². The quantitative estimate of drug-likeness (QED) is 0.171. The molecule has 130 valence electrons. The van der Waals surface area contributed by atoms with Gasteiger partial charge in [0.05, 0.1) is 0 Å². The summed E-state index contributed by atoms with van der Waals surface area (Å²) in [4.78, 5) is 10.2. The van der Waals surface area contributed by atoms with Crippen LogP contribution in [-0.4, -0.2) is 6.61 Å². The summed E-state index contributed by atoms with van der Waals surface area (Å²) in [6.45, 7) is 2.61. The van der Waals surface area contributed by atoms with Gasteiger partial charge in [-0.15, -0.1) is 4.52 Å². The normalized spacial score (nSPS) is 11.7. The zero-order valence-electron chi connectivity index (χ0n) is 15.4. The van der Waals surface area contributed by atoms with Crippen molar-refractivity contribution >= 4 is 8.25 Å². The van der Waals surface area contributed by atoms with Gasteiger partial charge in [0, 0.05) is 0 Å². The summed E-state index contributed by atoms with van der Waals surface area (Å²) in [6.07, 6.45) is 22.3. The van der Waals surface area contributed by atoms with Gasteiger partial charge in [0.1, 0.15) is 6.61 Å². The first-order chi connectivity index (χ1) is 10.8. The Balaban J connectivity index is 0. The van der Waals surface area contributed by atoms with E-state index < -0.39 is 8.25 Å². The first-order valence-electron chi connectivity index (χ1n) is 9.19. The molecule has 0 aliphatic rings. The van der Waals surface area contributed by atoms with Gasteiger partial charge in [0.2, 0.25) is 0 Å². The molecule has 1 atom stereocenters. The van der Waals surface area contributed by atoms with E-state index in [1.54, 1.807) is 0 Å². The van der Waals surface area contributed by atoms with Crippen molar-refractivity contribution in [3.05, 3.63) is 12.2 Å². The Morgan fingerprint density at radius 1 is 0.783 bits per heavy atom. The van der Waals surface area contributed by atoms with E-state index in [0.29, 0.717) is 6.61 Å². The molecule has 0 bridgehead atoms. The van der Waals surface area contributed by atoms with E-state index in [9.17, 15) is 9.46 Å². The van der Waals surface area contributed by atoms with Gasteiger partial charge in [-0.2, -0.15) is 0 Å². The fourth-order valence-electron chi connectivity index (χ4n) is 2.49. The van der Waals surface area contributed by atoms with Crippen LogP contribution in [0.1, 0.15) is 96.8 Å². The minimum absolute atomic E-state index is 0. The third-order valence-electron chi connectivity index (χ3n) is 3.85. The summed E-state index contributed by atoms with van der Waals surface area (Å²) in [5.41, 5.74) is 0. The molecule has 0 fully saturated rings. The summed E-state index contributed by atoms with van der Waals surface area (Å²) in [6, 6.07) is 0. The van der Waals surface area contributed by atoms with Crippen LogP contribution in [0.3, 0.4) is 0 Å². The molecule has 0 aliphatic carbocycles. The van der Waals surface area contributed by atoms with Crippen molar-refractivity contribution in [2.24, 2.45) is 0 Å². The van der Waals surface area contributed by atoms with E-state index in [4.69, 9.17) is 0 Å². The van der Waals surface area contributed by atoms with E-state index in [0.717, 1.165) is 12.8 Å². The van der Waals surface area contributed by atoms with Gasteiger partial charge in [-0.05, 0) is 36.7 Å². The zero-order chi connectivity index (χ0) is 16.3. The number of hydrogen-bond acceptors (Lipinski definition) is 3. The molecule has 0 amide bonds. The van der Waals surface area contributed by atoms with E-state index in [1.807, 2.05) is 0 Å². The molecule has 23 heavy (non-hydrogen) atoms. The summed E-state index contributed by atoms with van der Waals surface area (Å²) < 4.78 is 14.7. The van der Waals surface area contributed by atoms with Gasteiger partial charge in [-0.1, -0.05) is 76.9 Å². The second-order valence-electron chi connectivity index (χ2n) is 5.99. The largest absolute Gasteiger partial charge is 1.00 e. The van der Waals surface area contributed by atoms with Crippen LogP contribution in [0.5, 0.6) is 0 Å². The number of rotatable bonds is 17. The van der Waals surface area contributed by atoms with Crippen LogP contribution >= 0.6 is 8.25 Å². The smallest absolute Gasteiger partial charge is 0.566 e. The van der Waals surface area contributed by atoms with E-state index in [1.165, 1.54) is 77.0 Å². The Hall–Kier alpha value is 1.40. The Bertz CT molecular complexity index is 273. The number of hydrogen-bond donors (Lipinski definition) is 0. The molecule has 0 rings (SSSR count). The minimum Gasteiger partial charge on any atom is -0.566 e. The van der Waals surface area contributed by atoms with Crippen LogP contribution in [0, 0.1) is 0 Å².